The molecule has 0 heterocycles. The van der Waals surface area contributed by atoms with Gasteiger partial charge in [0.2, 0.25) is 0 Å². The molecule has 1 atom stereocenters. The Hall–Kier alpha value is -1.71. The van der Waals surface area contributed by atoms with Crippen molar-refractivity contribution >= 4 is 11.7 Å². The molecule has 4 heteroatoms. The third-order valence-corrected chi connectivity index (χ3v) is 2.82. The largest absolute Gasteiger partial charge is 0.399 e. The Morgan fingerprint density at radius 1 is 1.53 bits per heavy atom. The van der Waals surface area contributed by atoms with Crippen molar-refractivity contribution in [2.75, 3.05) is 19.3 Å². The van der Waals surface area contributed by atoms with Crippen LogP contribution in [0.2, 0.25) is 0 Å². The van der Waals surface area contributed by atoms with Gasteiger partial charge in [0.25, 0.3) is 0 Å². The molecule has 1 unspecified atom stereocenters. The molecule has 2 amide bonds. The first-order valence-electron chi connectivity index (χ1n) is 5.92. The number of benzene rings is 1. The number of rotatable bonds is 4. The second kappa shape index (κ2) is 6.13. The molecule has 0 saturated heterocycles. The van der Waals surface area contributed by atoms with E-state index < -0.39 is 0 Å². The Kier molecular flexibility index (Phi) is 4.82. The van der Waals surface area contributed by atoms with Gasteiger partial charge in [0.15, 0.2) is 0 Å². The first kappa shape index (κ1) is 13.4. The molecule has 0 aliphatic carbocycles. The molecule has 1 rings (SSSR count). The second-order valence-corrected chi connectivity index (χ2v) is 4.19. The van der Waals surface area contributed by atoms with Gasteiger partial charge >= 0.3 is 6.03 Å². The van der Waals surface area contributed by atoms with E-state index in [9.17, 15) is 4.79 Å². The summed E-state index contributed by atoms with van der Waals surface area (Å²) in [6.45, 7) is 4.72. The summed E-state index contributed by atoms with van der Waals surface area (Å²) in [5.74, 6) is 0. The number of carbonyl (C=O) groups is 1. The Labute approximate surface area is 103 Å². The molecule has 4 nitrogen and oxygen atoms in total. The Morgan fingerprint density at radius 2 is 2.24 bits per heavy atom. The number of nitrogen functional groups attached to an aromatic ring is 1. The molecular formula is C13H21N3O. The van der Waals surface area contributed by atoms with E-state index in [-0.39, 0.29) is 12.1 Å². The summed E-state index contributed by atoms with van der Waals surface area (Å²) < 4.78 is 0. The van der Waals surface area contributed by atoms with Crippen LogP contribution in [0.1, 0.15) is 31.9 Å². The number of carbonyl (C=O) groups excluding carboxylic acids is 1. The van der Waals surface area contributed by atoms with E-state index in [4.69, 9.17) is 5.73 Å². The van der Waals surface area contributed by atoms with Crippen molar-refractivity contribution in [2.45, 2.75) is 26.3 Å². The van der Waals surface area contributed by atoms with Crippen molar-refractivity contribution in [3.05, 3.63) is 29.8 Å². The van der Waals surface area contributed by atoms with Crippen molar-refractivity contribution in [2.24, 2.45) is 0 Å². The fourth-order valence-corrected chi connectivity index (χ4v) is 1.57. The molecule has 0 aliphatic heterocycles. The maximum atomic E-state index is 11.8. The summed E-state index contributed by atoms with van der Waals surface area (Å²) >= 11 is 0. The van der Waals surface area contributed by atoms with Crippen LogP contribution >= 0.6 is 0 Å². The predicted molar refractivity (Wildman–Crippen MR) is 70.7 cm³/mol. The average Bonchev–Trinajstić information content (AvgIpc) is 2.34. The zero-order chi connectivity index (χ0) is 12.8. The number of nitrogens with two attached hydrogens (primary N) is 1. The van der Waals surface area contributed by atoms with Gasteiger partial charge in [-0.25, -0.2) is 4.79 Å². The van der Waals surface area contributed by atoms with Crippen LogP contribution in [0.15, 0.2) is 24.3 Å². The van der Waals surface area contributed by atoms with Crippen molar-refractivity contribution < 1.29 is 4.79 Å². The van der Waals surface area contributed by atoms with Crippen LogP contribution in [0.3, 0.4) is 0 Å². The van der Waals surface area contributed by atoms with Crippen LogP contribution in [0.5, 0.6) is 0 Å². The van der Waals surface area contributed by atoms with Gasteiger partial charge in [-0.2, -0.15) is 0 Å². The summed E-state index contributed by atoms with van der Waals surface area (Å²) in [5, 5.41) is 2.85. The van der Waals surface area contributed by atoms with Gasteiger partial charge < -0.3 is 16.0 Å². The Balaban J connectivity index is 2.69. The Morgan fingerprint density at radius 3 is 2.82 bits per heavy atom. The Bertz CT molecular complexity index is 379. The summed E-state index contributed by atoms with van der Waals surface area (Å²) in [4.78, 5) is 13.5. The maximum Gasteiger partial charge on any atom is 0.317 e. The highest BCUT2D eigenvalue weighted by Crippen LogP contribution is 2.20. The minimum atomic E-state index is -0.0539. The monoisotopic (exact) mass is 235 g/mol. The lowest BCUT2D eigenvalue weighted by Crippen LogP contribution is -2.39. The predicted octanol–water partition coefficient (Wildman–Crippen LogP) is 2.38. The van der Waals surface area contributed by atoms with Crippen LogP contribution in [-0.4, -0.2) is 24.5 Å². The summed E-state index contributed by atoms with van der Waals surface area (Å²) in [5.41, 5.74) is 7.49. The van der Waals surface area contributed by atoms with Gasteiger partial charge in [-0.15, -0.1) is 0 Å². The quantitative estimate of drug-likeness (QED) is 0.787. The minimum absolute atomic E-state index is 0.00959. The SMILES string of the molecule is CCCNC(=O)N(C)C(C)c1cccc(N)c1. The van der Waals surface area contributed by atoms with E-state index in [0.29, 0.717) is 6.54 Å². The molecule has 0 radical (unpaired) electrons. The van der Waals surface area contributed by atoms with Crippen LogP contribution in [0.25, 0.3) is 0 Å². The first-order chi connectivity index (χ1) is 8.06. The van der Waals surface area contributed by atoms with Crippen LogP contribution in [0, 0.1) is 0 Å². The van der Waals surface area contributed by atoms with Crippen LogP contribution < -0.4 is 11.1 Å². The minimum Gasteiger partial charge on any atom is -0.399 e. The molecule has 0 aliphatic rings. The molecule has 0 aromatic heterocycles. The zero-order valence-corrected chi connectivity index (χ0v) is 10.7. The lowest BCUT2D eigenvalue weighted by molar-refractivity contribution is 0.194. The van der Waals surface area contributed by atoms with E-state index in [1.807, 2.05) is 38.1 Å². The fourth-order valence-electron chi connectivity index (χ4n) is 1.57. The summed E-state index contributed by atoms with van der Waals surface area (Å²) in [6.07, 6.45) is 0.937. The lowest BCUT2D eigenvalue weighted by atomic mass is 10.1. The van der Waals surface area contributed by atoms with E-state index in [0.717, 1.165) is 17.7 Å². The number of hydrogen-bond donors (Lipinski definition) is 2. The number of nitrogens with zero attached hydrogens (tertiary/aromatic N) is 1. The third-order valence-electron chi connectivity index (χ3n) is 2.82. The van der Waals surface area contributed by atoms with Crippen molar-refractivity contribution in [3.8, 4) is 0 Å². The summed E-state index contributed by atoms with van der Waals surface area (Å²) in [7, 11) is 1.79. The van der Waals surface area contributed by atoms with Gasteiger partial charge in [-0.1, -0.05) is 19.1 Å². The van der Waals surface area contributed by atoms with Crippen LogP contribution in [0.4, 0.5) is 10.5 Å². The second-order valence-electron chi connectivity index (χ2n) is 4.19. The zero-order valence-electron chi connectivity index (χ0n) is 10.7. The smallest absolute Gasteiger partial charge is 0.317 e. The summed E-state index contributed by atoms with van der Waals surface area (Å²) in [6, 6.07) is 7.57. The molecule has 0 spiro atoms. The molecule has 3 N–H and O–H groups in total. The molecule has 1 aromatic rings. The van der Waals surface area contributed by atoms with Gasteiger partial charge in [-0.3, -0.25) is 0 Å². The van der Waals surface area contributed by atoms with Gasteiger partial charge in [-0.05, 0) is 31.0 Å². The molecule has 1 aromatic carbocycles. The number of urea groups is 1. The van der Waals surface area contributed by atoms with Gasteiger partial charge in [0.05, 0.1) is 6.04 Å². The average molecular weight is 235 g/mol. The fraction of sp³-hybridized carbons (Fsp3) is 0.462. The maximum absolute atomic E-state index is 11.8. The van der Waals surface area contributed by atoms with Gasteiger partial charge in [0, 0.05) is 19.3 Å². The number of hydrogen-bond acceptors (Lipinski definition) is 2. The highest BCUT2D eigenvalue weighted by Gasteiger charge is 2.16. The number of anilines is 1. The number of nitrogens with one attached hydrogen (secondary N) is 1. The first-order valence-corrected chi connectivity index (χ1v) is 5.92. The highest BCUT2D eigenvalue weighted by atomic mass is 16.2. The third kappa shape index (κ3) is 3.66. The molecule has 17 heavy (non-hydrogen) atoms. The van der Waals surface area contributed by atoms with Crippen LogP contribution in [-0.2, 0) is 0 Å². The van der Waals surface area contributed by atoms with Crippen molar-refractivity contribution in [1.82, 2.24) is 10.2 Å². The van der Waals surface area contributed by atoms with E-state index >= 15 is 0 Å². The van der Waals surface area contributed by atoms with E-state index in [1.165, 1.54) is 0 Å². The molecule has 0 saturated carbocycles. The van der Waals surface area contributed by atoms with Crippen molar-refractivity contribution in [1.29, 1.82) is 0 Å². The lowest BCUT2D eigenvalue weighted by Gasteiger charge is -2.25. The van der Waals surface area contributed by atoms with Gasteiger partial charge in [0.1, 0.15) is 0 Å². The van der Waals surface area contributed by atoms with E-state index in [1.54, 1.807) is 11.9 Å². The van der Waals surface area contributed by atoms with E-state index in [2.05, 4.69) is 5.32 Å². The standard InChI is InChI=1S/C13H21N3O/c1-4-8-15-13(17)16(3)10(2)11-6-5-7-12(14)9-11/h5-7,9-10H,4,8,14H2,1-3H3,(H,15,17). The highest BCUT2D eigenvalue weighted by molar-refractivity contribution is 5.74. The van der Waals surface area contributed by atoms with Crippen molar-refractivity contribution in [3.63, 3.8) is 0 Å². The molecule has 0 fully saturated rings. The molecule has 0 bridgehead atoms. The molecular weight excluding hydrogens is 214 g/mol. The number of amides is 2. The normalized spacial score (nSPS) is 11.9. The molecule has 94 valence electrons. The topological polar surface area (TPSA) is 58.4 Å².